The van der Waals surface area contributed by atoms with Gasteiger partial charge in [-0.05, 0) is 30.6 Å². The van der Waals surface area contributed by atoms with Crippen molar-refractivity contribution in [3.63, 3.8) is 0 Å². The molecular weight excluding hydrogens is 292 g/mol. The quantitative estimate of drug-likeness (QED) is 0.804. The van der Waals surface area contributed by atoms with Crippen LogP contribution in [0.2, 0.25) is 5.02 Å². The Kier molecular flexibility index (Phi) is 3.82. The van der Waals surface area contributed by atoms with Gasteiger partial charge in [-0.2, -0.15) is 15.0 Å². The van der Waals surface area contributed by atoms with E-state index in [4.69, 9.17) is 11.6 Å². The number of halogens is 1. The van der Waals surface area contributed by atoms with Crippen LogP contribution in [0.3, 0.4) is 0 Å². The lowest BCUT2D eigenvalue weighted by molar-refractivity contribution is 0.658. The van der Waals surface area contributed by atoms with Crippen molar-refractivity contribution in [2.24, 2.45) is 0 Å². The van der Waals surface area contributed by atoms with Crippen LogP contribution < -0.4 is 5.32 Å². The Balaban J connectivity index is 1.95. The molecule has 0 aliphatic rings. The average Bonchev–Trinajstić information content (AvgIpc) is 3.12. The summed E-state index contributed by atoms with van der Waals surface area (Å²) >= 11 is 7.81. The third-order valence-corrected chi connectivity index (χ3v) is 4.41. The Labute approximate surface area is 126 Å². The summed E-state index contributed by atoms with van der Waals surface area (Å²) in [6, 6.07) is 11.7. The Morgan fingerprint density at radius 3 is 2.70 bits per heavy atom. The fourth-order valence-electron chi connectivity index (χ4n) is 2.02. The Morgan fingerprint density at radius 1 is 1.25 bits per heavy atom. The molecule has 0 saturated carbocycles. The summed E-state index contributed by atoms with van der Waals surface area (Å²) in [6.45, 7) is 0. The topological polar surface area (TPSA) is 42.7 Å². The molecule has 0 amide bonds. The van der Waals surface area contributed by atoms with Gasteiger partial charge in [-0.3, -0.25) is 0 Å². The van der Waals surface area contributed by atoms with E-state index in [1.165, 1.54) is 0 Å². The number of nitrogens with zero attached hydrogens (tertiary/aromatic N) is 3. The largest absolute Gasteiger partial charge is 0.307 e. The zero-order valence-corrected chi connectivity index (χ0v) is 12.4. The molecular formula is C14H13ClN4S. The van der Waals surface area contributed by atoms with Crippen LogP contribution in [0.4, 0.5) is 0 Å². The van der Waals surface area contributed by atoms with Crippen molar-refractivity contribution in [1.82, 2.24) is 20.3 Å². The van der Waals surface area contributed by atoms with Crippen molar-refractivity contribution < 1.29 is 0 Å². The summed E-state index contributed by atoms with van der Waals surface area (Å²) in [6.07, 6.45) is 1.77. The predicted octanol–water partition coefficient (Wildman–Crippen LogP) is 3.29. The molecule has 3 rings (SSSR count). The molecule has 2 heterocycles. The smallest absolute Gasteiger partial charge is 0.105 e. The SMILES string of the molecule is CNC(c1cnn(-c2ccccc2)n1)c1sccc1Cl. The Bertz CT molecular complexity index is 692. The highest BCUT2D eigenvalue weighted by atomic mass is 35.5. The average molecular weight is 305 g/mol. The van der Waals surface area contributed by atoms with Crippen LogP contribution in [0.5, 0.6) is 0 Å². The number of hydrogen-bond donors (Lipinski definition) is 1. The van der Waals surface area contributed by atoms with E-state index < -0.39 is 0 Å². The number of hydrogen-bond acceptors (Lipinski definition) is 4. The van der Waals surface area contributed by atoms with Gasteiger partial charge in [0.2, 0.25) is 0 Å². The summed E-state index contributed by atoms with van der Waals surface area (Å²) in [7, 11) is 1.89. The molecule has 0 radical (unpaired) electrons. The molecule has 1 aromatic carbocycles. The monoisotopic (exact) mass is 304 g/mol. The van der Waals surface area contributed by atoms with E-state index >= 15 is 0 Å². The lowest BCUT2D eigenvalue weighted by Gasteiger charge is -2.11. The predicted molar refractivity (Wildman–Crippen MR) is 81.6 cm³/mol. The molecule has 4 nitrogen and oxygen atoms in total. The summed E-state index contributed by atoms with van der Waals surface area (Å²) in [5, 5.41) is 14.8. The minimum absolute atomic E-state index is 0.0417. The first-order valence-electron chi connectivity index (χ1n) is 6.17. The Morgan fingerprint density at radius 2 is 2.05 bits per heavy atom. The Hall–Kier alpha value is -1.69. The van der Waals surface area contributed by atoms with Crippen LogP contribution in [0.25, 0.3) is 5.69 Å². The standard InChI is InChI=1S/C14H13ClN4S/c1-16-13(14-11(15)7-8-20-14)12-9-17-19(18-12)10-5-3-2-4-6-10/h2-9,13,16H,1H3. The van der Waals surface area contributed by atoms with Crippen LogP contribution >= 0.6 is 22.9 Å². The van der Waals surface area contributed by atoms with E-state index in [-0.39, 0.29) is 6.04 Å². The van der Waals surface area contributed by atoms with E-state index in [1.54, 1.807) is 22.3 Å². The molecule has 1 atom stereocenters. The van der Waals surface area contributed by atoms with Crippen molar-refractivity contribution in [2.45, 2.75) is 6.04 Å². The van der Waals surface area contributed by atoms with Crippen molar-refractivity contribution in [3.05, 3.63) is 63.6 Å². The summed E-state index contributed by atoms with van der Waals surface area (Å²) < 4.78 is 0. The first-order valence-corrected chi connectivity index (χ1v) is 7.43. The van der Waals surface area contributed by atoms with Crippen LogP contribution in [0.1, 0.15) is 16.6 Å². The molecule has 0 saturated heterocycles. The second-order valence-electron chi connectivity index (χ2n) is 4.25. The van der Waals surface area contributed by atoms with E-state index in [0.29, 0.717) is 0 Å². The van der Waals surface area contributed by atoms with Gasteiger partial charge in [-0.15, -0.1) is 11.3 Å². The molecule has 3 aromatic rings. The van der Waals surface area contributed by atoms with Gasteiger partial charge in [0.1, 0.15) is 5.69 Å². The molecule has 0 bridgehead atoms. The van der Waals surface area contributed by atoms with Gasteiger partial charge in [-0.25, -0.2) is 0 Å². The first kappa shape index (κ1) is 13.3. The molecule has 0 aliphatic carbocycles. The lowest BCUT2D eigenvalue weighted by atomic mass is 10.2. The molecule has 20 heavy (non-hydrogen) atoms. The second kappa shape index (κ2) is 5.75. The minimum atomic E-state index is -0.0417. The van der Waals surface area contributed by atoms with E-state index in [2.05, 4.69) is 15.5 Å². The zero-order valence-electron chi connectivity index (χ0n) is 10.8. The van der Waals surface area contributed by atoms with Gasteiger partial charge in [0.25, 0.3) is 0 Å². The van der Waals surface area contributed by atoms with E-state index in [0.717, 1.165) is 21.3 Å². The molecule has 0 spiro atoms. The fourth-order valence-corrected chi connectivity index (χ4v) is 3.30. The lowest BCUT2D eigenvalue weighted by Crippen LogP contribution is -2.17. The van der Waals surface area contributed by atoms with Gasteiger partial charge in [0, 0.05) is 4.88 Å². The number of benzene rings is 1. The third kappa shape index (κ3) is 2.47. The second-order valence-corrected chi connectivity index (χ2v) is 5.60. The fraction of sp³-hybridized carbons (Fsp3) is 0.143. The van der Waals surface area contributed by atoms with Crippen molar-refractivity contribution >= 4 is 22.9 Å². The normalized spacial score (nSPS) is 12.5. The minimum Gasteiger partial charge on any atom is -0.307 e. The molecule has 1 N–H and O–H groups in total. The third-order valence-electron chi connectivity index (χ3n) is 2.99. The van der Waals surface area contributed by atoms with Crippen molar-refractivity contribution in [3.8, 4) is 5.69 Å². The van der Waals surface area contributed by atoms with Crippen LogP contribution in [-0.4, -0.2) is 22.0 Å². The molecule has 1 unspecified atom stereocenters. The molecule has 102 valence electrons. The van der Waals surface area contributed by atoms with Crippen LogP contribution in [0.15, 0.2) is 48.0 Å². The highest BCUT2D eigenvalue weighted by molar-refractivity contribution is 7.10. The maximum atomic E-state index is 6.20. The highest BCUT2D eigenvalue weighted by Crippen LogP contribution is 2.31. The van der Waals surface area contributed by atoms with Gasteiger partial charge in [0.05, 0.1) is 22.9 Å². The van der Waals surface area contributed by atoms with Crippen LogP contribution in [-0.2, 0) is 0 Å². The first-order chi connectivity index (χ1) is 9.79. The molecule has 0 aliphatic heterocycles. The number of aromatic nitrogens is 3. The number of para-hydroxylation sites is 1. The van der Waals surface area contributed by atoms with E-state index in [9.17, 15) is 0 Å². The van der Waals surface area contributed by atoms with Gasteiger partial charge in [-0.1, -0.05) is 29.8 Å². The summed E-state index contributed by atoms with van der Waals surface area (Å²) in [4.78, 5) is 2.68. The number of nitrogens with one attached hydrogen (secondary N) is 1. The molecule has 0 fully saturated rings. The van der Waals surface area contributed by atoms with Gasteiger partial charge >= 0.3 is 0 Å². The van der Waals surface area contributed by atoms with E-state index in [1.807, 2.05) is 48.8 Å². The maximum absolute atomic E-state index is 6.20. The number of rotatable bonds is 4. The van der Waals surface area contributed by atoms with Crippen molar-refractivity contribution in [1.29, 1.82) is 0 Å². The zero-order chi connectivity index (χ0) is 13.9. The van der Waals surface area contributed by atoms with Crippen LogP contribution in [0, 0.1) is 0 Å². The maximum Gasteiger partial charge on any atom is 0.105 e. The molecule has 6 heteroatoms. The summed E-state index contributed by atoms with van der Waals surface area (Å²) in [5.74, 6) is 0. The summed E-state index contributed by atoms with van der Waals surface area (Å²) in [5.41, 5.74) is 1.78. The molecule has 2 aromatic heterocycles. The highest BCUT2D eigenvalue weighted by Gasteiger charge is 2.20. The number of thiophene rings is 1. The van der Waals surface area contributed by atoms with Crippen molar-refractivity contribution in [2.75, 3.05) is 7.05 Å². The van der Waals surface area contributed by atoms with Gasteiger partial charge in [0.15, 0.2) is 0 Å². The van der Waals surface area contributed by atoms with Gasteiger partial charge < -0.3 is 5.32 Å².